The van der Waals surface area contributed by atoms with Crippen molar-refractivity contribution in [1.29, 1.82) is 0 Å². The first-order valence-corrected chi connectivity index (χ1v) is 3.93. The van der Waals surface area contributed by atoms with Crippen LogP contribution in [-0.2, 0) is 14.4 Å². The fourth-order valence-corrected chi connectivity index (χ4v) is 0.402. The summed E-state index contributed by atoms with van der Waals surface area (Å²) in [6, 6.07) is -1.06. The third kappa shape index (κ3) is 15.1. The highest BCUT2D eigenvalue weighted by molar-refractivity contribution is 5.74. The molecule has 88 valence electrons. The molecule has 8 nitrogen and oxygen atoms in total. The molecule has 0 aliphatic heterocycles. The van der Waals surface area contributed by atoms with Crippen LogP contribution >= 0.6 is 0 Å². The van der Waals surface area contributed by atoms with E-state index in [0.29, 0.717) is 0 Å². The van der Waals surface area contributed by atoms with Crippen LogP contribution in [0, 0.1) is 0 Å². The van der Waals surface area contributed by atoms with Gasteiger partial charge in [-0.3, -0.25) is 14.4 Å². The number of carboxylic acid groups (broad SMARTS) is 3. The number of nitrogens with two attached hydrogens (primary N) is 2. The molecule has 0 aliphatic rings. The Bertz CT molecular complexity index is 230. The molecule has 0 amide bonds. The number of hydrogen-bond donors (Lipinski definition) is 5. The van der Waals surface area contributed by atoms with Crippen LogP contribution < -0.4 is 11.5 Å². The molecule has 0 saturated carbocycles. The van der Waals surface area contributed by atoms with E-state index in [1.807, 2.05) is 0 Å². The van der Waals surface area contributed by atoms with Crippen molar-refractivity contribution < 1.29 is 29.7 Å². The lowest BCUT2D eigenvalue weighted by atomic mass is 10.2. The zero-order valence-corrected chi connectivity index (χ0v) is 7.92. The van der Waals surface area contributed by atoms with Crippen LogP contribution in [0.4, 0.5) is 0 Å². The average molecular weight is 222 g/mol. The number of carbonyl (C=O) groups is 3. The summed E-state index contributed by atoms with van der Waals surface area (Å²) in [6.45, 7) is -0.278. The summed E-state index contributed by atoms with van der Waals surface area (Å²) in [7, 11) is 0. The van der Waals surface area contributed by atoms with Gasteiger partial charge in [0, 0.05) is 6.42 Å². The van der Waals surface area contributed by atoms with E-state index < -0.39 is 23.9 Å². The maximum absolute atomic E-state index is 9.99. The van der Waals surface area contributed by atoms with Crippen LogP contribution in [0.1, 0.15) is 12.8 Å². The standard InChI is InChI=1S/C5H9NO4.C2H5NO2/c6-3(5(9)10)1-2-4(7)8;3-1-2(4)5/h3H,1-2,6H2,(H,7,8)(H,9,10);1,3H2,(H,4,5)/t3-;/m0./s1. The maximum atomic E-state index is 9.99. The fraction of sp³-hybridized carbons (Fsp3) is 0.571. The zero-order chi connectivity index (χ0) is 12.4. The molecule has 0 bridgehead atoms. The summed E-state index contributed by atoms with van der Waals surface area (Å²) in [6.07, 6.45) is -0.224. The minimum Gasteiger partial charge on any atom is -0.481 e. The first-order chi connectivity index (χ1) is 6.81. The lowest BCUT2D eigenvalue weighted by molar-refractivity contribution is -0.140. The van der Waals surface area contributed by atoms with Gasteiger partial charge in [-0.05, 0) is 6.42 Å². The second kappa shape index (κ2) is 8.91. The second-order valence-corrected chi connectivity index (χ2v) is 2.48. The summed E-state index contributed by atoms with van der Waals surface area (Å²) >= 11 is 0. The lowest BCUT2D eigenvalue weighted by Crippen LogP contribution is -2.30. The molecule has 8 heteroatoms. The summed E-state index contributed by atoms with van der Waals surface area (Å²) in [4.78, 5) is 29.1. The molecule has 0 radical (unpaired) electrons. The van der Waals surface area contributed by atoms with E-state index in [1.54, 1.807) is 0 Å². The van der Waals surface area contributed by atoms with Crippen molar-refractivity contribution in [2.75, 3.05) is 6.54 Å². The molecular weight excluding hydrogens is 208 g/mol. The monoisotopic (exact) mass is 222 g/mol. The highest BCUT2D eigenvalue weighted by atomic mass is 16.4. The molecule has 0 rings (SSSR count). The Morgan fingerprint density at radius 3 is 1.67 bits per heavy atom. The maximum Gasteiger partial charge on any atom is 0.320 e. The van der Waals surface area contributed by atoms with Crippen molar-refractivity contribution >= 4 is 17.9 Å². The highest BCUT2D eigenvalue weighted by Crippen LogP contribution is 1.93. The van der Waals surface area contributed by atoms with Crippen molar-refractivity contribution in [2.45, 2.75) is 18.9 Å². The van der Waals surface area contributed by atoms with Gasteiger partial charge >= 0.3 is 17.9 Å². The van der Waals surface area contributed by atoms with Crippen LogP contribution in [0.5, 0.6) is 0 Å². The third-order valence-electron chi connectivity index (χ3n) is 1.16. The Labute approximate surface area is 85.5 Å². The van der Waals surface area contributed by atoms with Crippen molar-refractivity contribution in [2.24, 2.45) is 11.5 Å². The zero-order valence-electron chi connectivity index (χ0n) is 7.92. The lowest BCUT2D eigenvalue weighted by Gasteiger charge is -2.01. The molecule has 0 fully saturated rings. The SMILES string of the molecule is NCC(=O)O.N[C@@H](CCC(=O)O)C(=O)O. The molecule has 7 N–H and O–H groups in total. The van der Waals surface area contributed by atoms with Gasteiger partial charge in [-0.15, -0.1) is 0 Å². The summed E-state index contributed by atoms with van der Waals surface area (Å²) in [5.41, 5.74) is 9.57. The second-order valence-electron chi connectivity index (χ2n) is 2.48. The summed E-state index contributed by atoms with van der Waals surface area (Å²) < 4.78 is 0. The molecular formula is C7H14N2O6. The minimum atomic E-state index is -1.17. The van der Waals surface area contributed by atoms with Crippen molar-refractivity contribution in [3.63, 3.8) is 0 Å². The molecule has 0 aromatic heterocycles. The van der Waals surface area contributed by atoms with E-state index in [1.165, 1.54) is 0 Å². The largest absolute Gasteiger partial charge is 0.481 e. The number of carboxylic acids is 3. The smallest absolute Gasteiger partial charge is 0.320 e. The summed E-state index contributed by atoms with van der Waals surface area (Å²) in [5.74, 6) is -3.16. The van der Waals surface area contributed by atoms with Crippen LogP contribution in [0.15, 0.2) is 0 Å². The number of rotatable bonds is 5. The third-order valence-corrected chi connectivity index (χ3v) is 1.16. The molecule has 0 aromatic carbocycles. The van der Waals surface area contributed by atoms with Gasteiger partial charge in [0.2, 0.25) is 0 Å². The van der Waals surface area contributed by atoms with Gasteiger partial charge in [-0.25, -0.2) is 0 Å². The predicted octanol–water partition coefficient (Wildman–Crippen LogP) is -1.71. The molecule has 0 unspecified atom stereocenters. The Morgan fingerprint density at radius 2 is 1.47 bits per heavy atom. The average Bonchev–Trinajstić information content (AvgIpc) is 2.14. The molecule has 0 aliphatic carbocycles. The van der Waals surface area contributed by atoms with Gasteiger partial charge in [0.25, 0.3) is 0 Å². The highest BCUT2D eigenvalue weighted by Gasteiger charge is 2.12. The van der Waals surface area contributed by atoms with Crippen LogP contribution in [-0.4, -0.2) is 45.8 Å². The quantitative estimate of drug-likeness (QED) is 0.367. The molecule has 0 aromatic rings. The summed E-state index contributed by atoms with van der Waals surface area (Å²) in [5, 5.41) is 23.9. The van der Waals surface area contributed by atoms with Crippen LogP contribution in [0.25, 0.3) is 0 Å². The van der Waals surface area contributed by atoms with E-state index in [4.69, 9.17) is 21.1 Å². The van der Waals surface area contributed by atoms with Gasteiger partial charge < -0.3 is 26.8 Å². The molecule has 0 spiro atoms. The van der Waals surface area contributed by atoms with E-state index >= 15 is 0 Å². The number of hydrogen-bond acceptors (Lipinski definition) is 5. The van der Waals surface area contributed by atoms with Crippen LogP contribution in [0.3, 0.4) is 0 Å². The van der Waals surface area contributed by atoms with E-state index in [-0.39, 0.29) is 19.4 Å². The molecule has 1 atom stereocenters. The Hall–Kier alpha value is -1.67. The van der Waals surface area contributed by atoms with E-state index in [2.05, 4.69) is 5.73 Å². The normalized spacial score (nSPS) is 10.8. The van der Waals surface area contributed by atoms with E-state index in [0.717, 1.165) is 0 Å². The van der Waals surface area contributed by atoms with E-state index in [9.17, 15) is 14.4 Å². The molecule has 0 heterocycles. The minimum absolute atomic E-state index is 0.0231. The van der Waals surface area contributed by atoms with Gasteiger partial charge in [-0.2, -0.15) is 0 Å². The molecule has 15 heavy (non-hydrogen) atoms. The first-order valence-electron chi connectivity index (χ1n) is 3.93. The van der Waals surface area contributed by atoms with Crippen molar-refractivity contribution in [3.05, 3.63) is 0 Å². The van der Waals surface area contributed by atoms with Gasteiger partial charge in [-0.1, -0.05) is 0 Å². The van der Waals surface area contributed by atoms with Crippen molar-refractivity contribution in [3.8, 4) is 0 Å². The Morgan fingerprint density at radius 1 is 1.07 bits per heavy atom. The van der Waals surface area contributed by atoms with Gasteiger partial charge in [0.15, 0.2) is 0 Å². The topological polar surface area (TPSA) is 164 Å². The first kappa shape index (κ1) is 15.8. The van der Waals surface area contributed by atoms with Crippen molar-refractivity contribution in [1.82, 2.24) is 0 Å². The molecule has 0 saturated heterocycles. The van der Waals surface area contributed by atoms with Gasteiger partial charge in [0.05, 0.1) is 6.54 Å². The van der Waals surface area contributed by atoms with Crippen LogP contribution in [0.2, 0.25) is 0 Å². The Balaban J connectivity index is 0. The fourth-order valence-electron chi connectivity index (χ4n) is 0.402. The van der Waals surface area contributed by atoms with Gasteiger partial charge in [0.1, 0.15) is 6.04 Å². The Kier molecular flexibility index (Phi) is 9.37. The number of aliphatic carboxylic acids is 3. The predicted molar refractivity (Wildman–Crippen MR) is 49.2 cm³/mol.